The molecule has 2 heterocycles. The van der Waals surface area contributed by atoms with Crippen LogP contribution in [0.1, 0.15) is 36.8 Å². The molecule has 1 aromatic heterocycles. The van der Waals surface area contributed by atoms with Crippen molar-refractivity contribution in [1.82, 2.24) is 15.4 Å². The van der Waals surface area contributed by atoms with Gasteiger partial charge in [-0.3, -0.25) is 0 Å². The number of aryl methyl sites for hydroxylation is 2. The van der Waals surface area contributed by atoms with Gasteiger partial charge in [-0.1, -0.05) is 12.1 Å². The first-order valence-corrected chi connectivity index (χ1v) is 7.05. The quantitative estimate of drug-likeness (QED) is 0.870. The smallest absolute Gasteiger partial charge is 0.138 e. The molecule has 0 atom stereocenters. The van der Waals surface area contributed by atoms with Crippen LogP contribution in [0.5, 0.6) is 0 Å². The fourth-order valence-corrected chi connectivity index (χ4v) is 2.66. The van der Waals surface area contributed by atoms with E-state index in [2.05, 4.69) is 22.3 Å². The topological polar surface area (TPSA) is 41.3 Å². The lowest BCUT2D eigenvalue weighted by Gasteiger charge is -2.31. The Kier molecular flexibility index (Phi) is 4.78. The second kappa shape index (κ2) is 6.34. The summed E-state index contributed by atoms with van der Waals surface area (Å²) < 4.78 is 5.17. The van der Waals surface area contributed by atoms with E-state index in [-0.39, 0.29) is 0 Å². The Morgan fingerprint density at radius 1 is 1.33 bits per heavy atom. The van der Waals surface area contributed by atoms with Crippen molar-refractivity contribution in [3.05, 3.63) is 17.0 Å². The normalized spacial score (nSPS) is 18.4. The van der Waals surface area contributed by atoms with Gasteiger partial charge >= 0.3 is 0 Å². The fraction of sp³-hybridized carbons (Fsp3) is 0.786. The number of likely N-dealkylation sites (tertiary alicyclic amines) is 1. The van der Waals surface area contributed by atoms with E-state index >= 15 is 0 Å². The number of hydrogen-bond donors (Lipinski definition) is 1. The van der Waals surface area contributed by atoms with Crippen molar-refractivity contribution in [2.45, 2.75) is 40.2 Å². The number of aromatic nitrogens is 1. The SMILES string of the molecule is CCN1CCC(CNCc2c(C)noc2C)CC1. The maximum Gasteiger partial charge on any atom is 0.138 e. The van der Waals surface area contributed by atoms with Gasteiger partial charge < -0.3 is 14.7 Å². The summed E-state index contributed by atoms with van der Waals surface area (Å²) in [7, 11) is 0. The van der Waals surface area contributed by atoms with Crippen molar-refractivity contribution >= 4 is 0 Å². The molecule has 0 unspecified atom stereocenters. The van der Waals surface area contributed by atoms with Crippen LogP contribution in [0.15, 0.2) is 4.52 Å². The molecule has 1 saturated heterocycles. The zero-order valence-corrected chi connectivity index (χ0v) is 11.8. The second-order valence-electron chi connectivity index (χ2n) is 5.31. The van der Waals surface area contributed by atoms with Crippen LogP contribution in [0.25, 0.3) is 0 Å². The minimum absolute atomic E-state index is 0.827. The molecule has 18 heavy (non-hydrogen) atoms. The van der Waals surface area contributed by atoms with E-state index in [1.54, 1.807) is 0 Å². The van der Waals surface area contributed by atoms with Crippen LogP contribution in [-0.2, 0) is 6.54 Å². The van der Waals surface area contributed by atoms with Crippen LogP contribution >= 0.6 is 0 Å². The van der Waals surface area contributed by atoms with E-state index in [1.807, 2.05) is 13.8 Å². The summed E-state index contributed by atoms with van der Waals surface area (Å²) in [5, 5.41) is 7.53. The summed E-state index contributed by atoms with van der Waals surface area (Å²) in [5.41, 5.74) is 2.24. The summed E-state index contributed by atoms with van der Waals surface area (Å²) in [4.78, 5) is 2.53. The zero-order chi connectivity index (χ0) is 13.0. The summed E-state index contributed by atoms with van der Waals surface area (Å²) in [6, 6.07) is 0. The highest BCUT2D eigenvalue weighted by Crippen LogP contribution is 2.17. The van der Waals surface area contributed by atoms with E-state index in [4.69, 9.17) is 4.52 Å². The number of nitrogens with zero attached hydrogens (tertiary/aromatic N) is 2. The van der Waals surface area contributed by atoms with Crippen LogP contribution in [0.4, 0.5) is 0 Å². The zero-order valence-electron chi connectivity index (χ0n) is 11.8. The Morgan fingerprint density at radius 2 is 2.06 bits per heavy atom. The van der Waals surface area contributed by atoms with E-state index in [0.717, 1.165) is 30.5 Å². The molecule has 0 bridgehead atoms. The van der Waals surface area contributed by atoms with Crippen LogP contribution in [-0.4, -0.2) is 36.2 Å². The molecule has 0 spiro atoms. The molecule has 2 rings (SSSR count). The number of piperidine rings is 1. The van der Waals surface area contributed by atoms with Crippen molar-refractivity contribution in [2.75, 3.05) is 26.2 Å². The maximum absolute atomic E-state index is 5.17. The summed E-state index contributed by atoms with van der Waals surface area (Å²) in [6.45, 7) is 11.9. The van der Waals surface area contributed by atoms with Gasteiger partial charge in [-0.15, -0.1) is 0 Å². The van der Waals surface area contributed by atoms with Crippen LogP contribution in [0.3, 0.4) is 0 Å². The molecule has 1 aromatic rings. The molecular weight excluding hydrogens is 226 g/mol. The standard InChI is InChI=1S/C14H25N3O/c1-4-17-7-5-13(6-8-17)9-15-10-14-11(2)16-18-12(14)3/h13,15H,4-10H2,1-3H3. The molecule has 102 valence electrons. The average molecular weight is 251 g/mol. The van der Waals surface area contributed by atoms with E-state index in [1.165, 1.54) is 38.0 Å². The van der Waals surface area contributed by atoms with Gasteiger partial charge in [0.25, 0.3) is 0 Å². The summed E-state index contributed by atoms with van der Waals surface area (Å²) >= 11 is 0. The van der Waals surface area contributed by atoms with Crippen LogP contribution < -0.4 is 5.32 Å². The third-order valence-corrected chi connectivity index (χ3v) is 4.07. The highest BCUT2D eigenvalue weighted by Gasteiger charge is 2.18. The molecule has 4 nitrogen and oxygen atoms in total. The molecule has 0 aliphatic carbocycles. The van der Waals surface area contributed by atoms with E-state index in [9.17, 15) is 0 Å². The van der Waals surface area contributed by atoms with Crippen molar-refractivity contribution in [1.29, 1.82) is 0 Å². The van der Waals surface area contributed by atoms with Gasteiger partial charge in [0, 0.05) is 12.1 Å². The first kappa shape index (κ1) is 13.6. The molecule has 1 aliphatic heterocycles. The number of nitrogens with one attached hydrogen (secondary N) is 1. The number of rotatable bonds is 5. The molecule has 0 saturated carbocycles. The highest BCUT2D eigenvalue weighted by molar-refractivity contribution is 5.20. The van der Waals surface area contributed by atoms with Gasteiger partial charge in [-0.05, 0) is 58.8 Å². The van der Waals surface area contributed by atoms with Crippen LogP contribution in [0, 0.1) is 19.8 Å². The third-order valence-electron chi connectivity index (χ3n) is 4.07. The number of hydrogen-bond acceptors (Lipinski definition) is 4. The van der Waals surface area contributed by atoms with Gasteiger partial charge in [0.05, 0.1) is 5.69 Å². The van der Waals surface area contributed by atoms with Crippen LogP contribution in [0.2, 0.25) is 0 Å². The van der Waals surface area contributed by atoms with E-state index in [0.29, 0.717) is 0 Å². The molecule has 0 radical (unpaired) electrons. The maximum atomic E-state index is 5.17. The first-order valence-electron chi connectivity index (χ1n) is 7.05. The van der Waals surface area contributed by atoms with Crippen molar-refractivity contribution in [3.63, 3.8) is 0 Å². The van der Waals surface area contributed by atoms with Crippen molar-refractivity contribution in [3.8, 4) is 0 Å². The monoisotopic (exact) mass is 251 g/mol. The highest BCUT2D eigenvalue weighted by atomic mass is 16.5. The Morgan fingerprint density at radius 3 is 2.61 bits per heavy atom. The lowest BCUT2D eigenvalue weighted by atomic mass is 9.97. The molecule has 0 aromatic carbocycles. The lowest BCUT2D eigenvalue weighted by molar-refractivity contribution is 0.190. The third kappa shape index (κ3) is 3.33. The summed E-state index contributed by atoms with van der Waals surface area (Å²) in [5.74, 6) is 1.77. The fourth-order valence-electron chi connectivity index (χ4n) is 2.66. The predicted octanol–water partition coefficient (Wildman–Crippen LogP) is 2.11. The predicted molar refractivity (Wildman–Crippen MR) is 72.5 cm³/mol. The Bertz CT molecular complexity index is 348. The minimum Gasteiger partial charge on any atom is -0.361 e. The second-order valence-corrected chi connectivity index (χ2v) is 5.31. The Hall–Kier alpha value is -0.870. The van der Waals surface area contributed by atoms with Crippen molar-refractivity contribution in [2.24, 2.45) is 5.92 Å². The summed E-state index contributed by atoms with van der Waals surface area (Å²) in [6.07, 6.45) is 2.64. The molecule has 0 amide bonds. The van der Waals surface area contributed by atoms with Gasteiger partial charge in [0.15, 0.2) is 0 Å². The largest absolute Gasteiger partial charge is 0.361 e. The minimum atomic E-state index is 0.827. The van der Waals surface area contributed by atoms with Gasteiger partial charge in [0.1, 0.15) is 5.76 Å². The van der Waals surface area contributed by atoms with Gasteiger partial charge in [-0.2, -0.15) is 0 Å². The molecule has 4 heteroatoms. The van der Waals surface area contributed by atoms with Gasteiger partial charge in [-0.25, -0.2) is 0 Å². The molecule has 1 N–H and O–H groups in total. The van der Waals surface area contributed by atoms with Gasteiger partial charge in [0.2, 0.25) is 0 Å². The molecule has 1 aliphatic rings. The average Bonchev–Trinajstić information content (AvgIpc) is 2.71. The lowest BCUT2D eigenvalue weighted by Crippen LogP contribution is -2.37. The van der Waals surface area contributed by atoms with E-state index < -0.39 is 0 Å². The Labute approximate surface area is 110 Å². The van der Waals surface area contributed by atoms with Crippen molar-refractivity contribution < 1.29 is 4.52 Å². The first-order chi connectivity index (χ1) is 8.70. The Balaban J connectivity index is 1.70. The molecule has 1 fully saturated rings. The molecular formula is C14H25N3O.